The van der Waals surface area contributed by atoms with E-state index in [1.54, 1.807) is 0 Å². The predicted octanol–water partition coefficient (Wildman–Crippen LogP) is 4.19. The van der Waals surface area contributed by atoms with Crippen LogP contribution in [0, 0.1) is 5.92 Å². The first-order chi connectivity index (χ1) is 7.39. The monoisotopic (exact) mass is 285 g/mol. The lowest BCUT2D eigenvalue weighted by Gasteiger charge is -2.18. The molecule has 1 aliphatic rings. The molecule has 0 spiro atoms. The van der Waals surface area contributed by atoms with Crippen molar-refractivity contribution in [3.05, 3.63) is 34.3 Å². The molecular weight excluding hydrogens is 274 g/mol. The van der Waals surface area contributed by atoms with Gasteiger partial charge in [0.15, 0.2) is 0 Å². The van der Waals surface area contributed by atoms with Gasteiger partial charge in [-0.05, 0) is 42.5 Å². The molecule has 0 aliphatic heterocycles. The van der Waals surface area contributed by atoms with Gasteiger partial charge in [-0.2, -0.15) is 13.2 Å². The van der Waals surface area contributed by atoms with Gasteiger partial charge in [-0.1, -0.05) is 11.6 Å². The smallest absolute Gasteiger partial charge is 0.324 e. The Hall–Kier alpha value is -0.450. The number of alkyl halides is 3. The molecule has 1 aliphatic carbocycles. The Kier molecular flexibility index (Phi) is 4.33. The molecule has 0 aromatic heterocycles. The van der Waals surface area contributed by atoms with Crippen molar-refractivity contribution in [1.82, 2.24) is 0 Å². The summed E-state index contributed by atoms with van der Waals surface area (Å²) in [5.41, 5.74) is 5.25. The Morgan fingerprint density at radius 1 is 1.29 bits per heavy atom. The van der Waals surface area contributed by atoms with Gasteiger partial charge in [-0.15, -0.1) is 12.4 Å². The highest BCUT2D eigenvalue weighted by Gasteiger charge is 2.38. The fourth-order valence-electron chi connectivity index (χ4n) is 1.78. The molecule has 0 saturated heterocycles. The Balaban J connectivity index is 0.00000144. The van der Waals surface area contributed by atoms with Crippen LogP contribution in [0.1, 0.15) is 30.0 Å². The van der Waals surface area contributed by atoms with Crippen molar-refractivity contribution in [2.24, 2.45) is 11.7 Å². The third-order valence-corrected chi connectivity index (χ3v) is 3.04. The van der Waals surface area contributed by atoms with Gasteiger partial charge in [0.25, 0.3) is 0 Å². The lowest BCUT2D eigenvalue weighted by molar-refractivity contribution is -0.138. The van der Waals surface area contributed by atoms with E-state index in [0.717, 1.165) is 18.9 Å². The van der Waals surface area contributed by atoms with Gasteiger partial charge in [0, 0.05) is 11.1 Å². The normalized spacial score (nSPS) is 17.5. The molecule has 2 rings (SSSR count). The lowest BCUT2D eigenvalue weighted by atomic mass is 9.97. The molecule has 1 saturated carbocycles. The zero-order valence-electron chi connectivity index (χ0n) is 8.80. The summed E-state index contributed by atoms with van der Waals surface area (Å²) in [6.07, 6.45) is -2.58. The van der Waals surface area contributed by atoms with Crippen molar-refractivity contribution >= 4 is 24.0 Å². The molecule has 1 fully saturated rings. The number of halogens is 5. The van der Waals surface area contributed by atoms with Gasteiger partial charge >= 0.3 is 6.18 Å². The Bertz CT molecular complexity index is 402. The largest absolute Gasteiger partial charge is 0.416 e. The van der Waals surface area contributed by atoms with Gasteiger partial charge in [0.05, 0.1) is 5.56 Å². The SMILES string of the molecule is Cl.NC(c1cc(Cl)ccc1C(F)(F)F)C1CC1. The standard InChI is InChI=1S/C11H11ClF3N.ClH/c12-7-3-4-9(11(13,14)15)8(5-7)10(16)6-1-2-6;/h3-6,10H,1-2,16H2;1H. The van der Waals surface area contributed by atoms with Crippen LogP contribution in [0.25, 0.3) is 0 Å². The maximum atomic E-state index is 12.7. The van der Waals surface area contributed by atoms with Crippen LogP contribution < -0.4 is 5.73 Å². The van der Waals surface area contributed by atoms with E-state index in [4.69, 9.17) is 17.3 Å². The predicted molar refractivity (Wildman–Crippen MR) is 63.4 cm³/mol. The molecule has 2 N–H and O–H groups in total. The molecule has 96 valence electrons. The summed E-state index contributed by atoms with van der Waals surface area (Å²) < 4.78 is 38.2. The van der Waals surface area contributed by atoms with Gasteiger partial charge in [0.1, 0.15) is 0 Å². The van der Waals surface area contributed by atoms with Crippen LogP contribution in [0.15, 0.2) is 18.2 Å². The fraction of sp³-hybridized carbons (Fsp3) is 0.455. The van der Waals surface area contributed by atoms with Crippen molar-refractivity contribution in [1.29, 1.82) is 0 Å². The second-order valence-corrected chi connectivity index (χ2v) is 4.53. The van der Waals surface area contributed by atoms with E-state index in [9.17, 15) is 13.2 Å². The van der Waals surface area contributed by atoms with E-state index in [1.807, 2.05) is 0 Å². The Morgan fingerprint density at radius 3 is 2.35 bits per heavy atom. The van der Waals surface area contributed by atoms with E-state index in [2.05, 4.69) is 0 Å². The van der Waals surface area contributed by atoms with Crippen LogP contribution in [0.4, 0.5) is 13.2 Å². The third kappa shape index (κ3) is 3.27. The van der Waals surface area contributed by atoms with Crippen molar-refractivity contribution in [2.75, 3.05) is 0 Å². The highest BCUT2D eigenvalue weighted by molar-refractivity contribution is 6.30. The molecule has 1 nitrogen and oxygen atoms in total. The lowest BCUT2D eigenvalue weighted by Crippen LogP contribution is -2.18. The molecule has 6 heteroatoms. The minimum absolute atomic E-state index is 0. The van der Waals surface area contributed by atoms with Crippen molar-refractivity contribution in [2.45, 2.75) is 25.1 Å². The zero-order valence-corrected chi connectivity index (χ0v) is 10.4. The summed E-state index contributed by atoms with van der Waals surface area (Å²) in [6.45, 7) is 0. The summed E-state index contributed by atoms with van der Waals surface area (Å²) in [5, 5.41) is 0.291. The molecule has 0 bridgehead atoms. The summed E-state index contributed by atoms with van der Waals surface area (Å²) >= 11 is 5.71. The summed E-state index contributed by atoms with van der Waals surface area (Å²) in [4.78, 5) is 0. The van der Waals surface area contributed by atoms with E-state index >= 15 is 0 Å². The van der Waals surface area contributed by atoms with Crippen LogP contribution in [-0.2, 0) is 6.18 Å². The van der Waals surface area contributed by atoms with Crippen molar-refractivity contribution in [3.8, 4) is 0 Å². The number of benzene rings is 1. The van der Waals surface area contributed by atoms with Crippen LogP contribution in [0.5, 0.6) is 0 Å². The first-order valence-corrected chi connectivity index (χ1v) is 5.39. The minimum atomic E-state index is -4.37. The quantitative estimate of drug-likeness (QED) is 0.866. The molecule has 1 aromatic rings. The average Bonchev–Trinajstić information content (AvgIpc) is 2.97. The molecule has 17 heavy (non-hydrogen) atoms. The number of rotatable bonds is 2. The van der Waals surface area contributed by atoms with E-state index < -0.39 is 17.8 Å². The molecule has 1 unspecified atom stereocenters. The maximum Gasteiger partial charge on any atom is 0.416 e. The minimum Gasteiger partial charge on any atom is -0.324 e. The van der Waals surface area contributed by atoms with E-state index in [-0.39, 0.29) is 23.9 Å². The highest BCUT2D eigenvalue weighted by atomic mass is 35.5. The second-order valence-electron chi connectivity index (χ2n) is 4.09. The summed E-state index contributed by atoms with van der Waals surface area (Å²) in [5.74, 6) is 0.166. The number of hydrogen-bond acceptors (Lipinski definition) is 1. The van der Waals surface area contributed by atoms with Gasteiger partial charge in [-0.3, -0.25) is 0 Å². The van der Waals surface area contributed by atoms with E-state index in [1.165, 1.54) is 12.1 Å². The Morgan fingerprint density at radius 2 is 1.88 bits per heavy atom. The molecule has 0 amide bonds. The van der Waals surface area contributed by atoms with Crippen LogP contribution in [0.3, 0.4) is 0 Å². The van der Waals surface area contributed by atoms with E-state index in [0.29, 0.717) is 5.02 Å². The topological polar surface area (TPSA) is 26.0 Å². The average molecular weight is 286 g/mol. The number of hydrogen-bond donors (Lipinski definition) is 1. The third-order valence-electron chi connectivity index (χ3n) is 2.81. The molecular formula is C11H12Cl2F3N. The van der Waals surface area contributed by atoms with Crippen LogP contribution >= 0.6 is 24.0 Å². The van der Waals surface area contributed by atoms with Crippen LogP contribution in [0.2, 0.25) is 5.02 Å². The highest BCUT2D eigenvalue weighted by Crippen LogP contribution is 2.44. The first kappa shape index (κ1) is 14.6. The zero-order chi connectivity index (χ0) is 11.9. The van der Waals surface area contributed by atoms with Crippen molar-refractivity contribution < 1.29 is 13.2 Å². The number of nitrogens with two attached hydrogens (primary N) is 1. The maximum absolute atomic E-state index is 12.7. The van der Waals surface area contributed by atoms with Crippen LogP contribution in [-0.4, -0.2) is 0 Å². The molecule has 0 radical (unpaired) electrons. The molecule has 0 heterocycles. The summed E-state index contributed by atoms with van der Waals surface area (Å²) in [7, 11) is 0. The molecule has 1 atom stereocenters. The van der Waals surface area contributed by atoms with Crippen molar-refractivity contribution in [3.63, 3.8) is 0 Å². The Labute approximate surface area is 109 Å². The van der Waals surface area contributed by atoms with Gasteiger partial charge < -0.3 is 5.73 Å². The fourth-order valence-corrected chi connectivity index (χ4v) is 1.96. The first-order valence-electron chi connectivity index (χ1n) is 5.02. The molecule has 1 aromatic carbocycles. The summed E-state index contributed by atoms with van der Waals surface area (Å²) in [6, 6.07) is 3.01. The second kappa shape index (κ2) is 5.04. The van der Waals surface area contributed by atoms with Gasteiger partial charge in [-0.25, -0.2) is 0 Å². The van der Waals surface area contributed by atoms with Gasteiger partial charge in [0.2, 0.25) is 0 Å².